The van der Waals surface area contributed by atoms with E-state index < -0.39 is 236 Å². The second-order valence-electron chi connectivity index (χ2n) is 22.6. The van der Waals surface area contributed by atoms with Gasteiger partial charge in [0, 0.05) is 45.3 Å². The van der Waals surface area contributed by atoms with Gasteiger partial charge in [0.25, 0.3) is 0 Å². The van der Waals surface area contributed by atoms with Crippen LogP contribution < -0.4 is 137 Å². The molecule has 0 spiro atoms. The van der Waals surface area contributed by atoms with Gasteiger partial charge in [-0.05, 0) is 121 Å². The fourth-order valence-corrected chi connectivity index (χ4v) is 16.6. The number of hydrogen-bond donors (Lipinski definition) is 14. The monoisotopic (exact) mass is 1680 g/mol. The Morgan fingerprint density at radius 1 is 0.268 bits per heavy atom. The van der Waals surface area contributed by atoms with Crippen LogP contribution in [0.5, 0.6) is 0 Å². The van der Waals surface area contributed by atoms with Gasteiger partial charge in [0.2, 0.25) is 123 Å². The molecule has 0 radical (unpaired) electrons. The number of carbonyl (C=O) groups is 8. The van der Waals surface area contributed by atoms with Crippen LogP contribution in [0.2, 0.25) is 0 Å². The van der Waals surface area contributed by atoms with Gasteiger partial charge in [0.1, 0.15) is 20.2 Å². The molecular weight excluding hydrogens is 1620 g/mol. The van der Waals surface area contributed by atoms with Crippen LogP contribution in [0, 0.1) is 0 Å². The SMILES string of the molecule is NC(=O)CN(CC(N)=O)S(=O)(=O)c1ccc(Nc2nc(Nc3ccc(S(=O)(=O)N(CC(N)=O)CC(N)=O)cc3)nc(Nc3ccc(-c4ccc(Nc5nc(Nc6ccc(S(=O)(=O)N(CC(N)=O)CC(N)=O)cc6)nc(Nc6ccc(S(=O)(=O)N(CC(N)=O)CC(N)=O)cc6)n5)cc4S(=O)(=O)[O-])c(S(=O)(=O)[O-])c3)n2)cc1.[Na+].[Na+]. The van der Waals surface area contributed by atoms with Crippen molar-refractivity contribution in [2.75, 3.05) is 84.3 Å². The standard InChI is InChI=1S/C58H62N24O22S6.2Na/c59-45(83)23-79(24-46(60)84)105(91,92)37-11-1-31(2-12-37)67-53-73-54(68-32-3-13-38(14-4-32)106(93,94)80(25-47(61)85)26-48(62)86)76-57(75-53)71-35-9-19-41(43(21-35)109(99,100)101)42-20-10-36(22-44(42)110(102,103)104)72-58-77-55(69-33-5-15-39(16-6-33)107(95,96)81(27-49(63)87)28-50(64)88)74-56(78-58)70-34-7-17-40(18-8-34)108(97,98)82(29-51(65)89)30-52(66)90;;/h1-22H,23-30H2,(H2,59,83)(H2,60,84)(H2,61,85)(H2,62,86)(H2,63,87)(H2,64,88)(H2,65,89)(H2,66,90)(H,99,100,101)(H,102,103,104)(H3,67,68,71,73,75,76)(H3,69,70,72,74,77,78);;/q;2*+1/p-2. The first kappa shape index (κ1) is 90.2. The van der Waals surface area contributed by atoms with Gasteiger partial charge in [-0.25, -0.2) is 50.5 Å². The quantitative estimate of drug-likeness (QED) is 0.0126. The van der Waals surface area contributed by atoms with Crippen LogP contribution in [0.25, 0.3) is 11.1 Å². The maximum atomic E-state index is 13.5. The van der Waals surface area contributed by atoms with Crippen molar-refractivity contribution in [3.63, 3.8) is 0 Å². The Morgan fingerprint density at radius 3 is 0.571 bits per heavy atom. The molecular formula is C58H60N24Na2O22S6. The van der Waals surface area contributed by atoms with Gasteiger partial charge in [-0.1, -0.05) is 12.1 Å². The Kier molecular flexibility index (Phi) is 29.9. The number of nitrogens with one attached hydrogen (secondary N) is 6. The van der Waals surface area contributed by atoms with E-state index in [2.05, 4.69) is 61.8 Å². The van der Waals surface area contributed by atoms with Gasteiger partial charge in [0.05, 0.1) is 81.7 Å². The summed E-state index contributed by atoms with van der Waals surface area (Å²) in [5, 5.41) is 16.4. The largest absolute Gasteiger partial charge is 1.00 e. The van der Waals surface area contributed by atoms with E-state index in [0.29, 0.717) is 29.4 Å². The molecule has 582 valence electrons. The van der Waals surface area contributed by atoms with Gasteiger partial charge >= 0.3 is 59.1 Å². The zero-order valence-corrected chi connectivity index (χ0v) is 66.8. The molecule has 0 atom stereocenters. The van der Waals surface area contributed by atoms with Gasteiger partial charge in [-0.15, -0.1) is 0 Å². The minimum absolute atomic E-state index is 0. The molecule has 8 rings (SSSR count). The number of benzene rings is 6. The average molecular weight is 1680 g/mol. The van der Waals surface area contributed by atoms with Crippen LogP contribution in [-0.4, -0.2) is 206 Å². The zero-order valence-electron chi connectivity index (χ0n) is 57.9. The second-order valence-corrected chi connectivity index (χ2v) is 33.1. The van der Waals surface area contributed by atoms with Gasteiger partial charge in [-0.3, -0.25) is 38.4 Å². The first-order chi connectivity index (χ1) is 51.3. The van der Waals surface area contributed by atoms with E-state index in [9.17, 15) is 98.0 Å². The number of sulfonamides is 4. The Morgan fingerprint density at radius 2 is 0.420 bits per heavy atom. The molecule has 8 amide bonds. The van der Waals surface area contributed by atoms with Crippen molar-refractivity contribution in [1.29, 1.82) is 0 Å². The van der Waals surface area contributed by atoms with E-state index in [1.54, 1.807) is 0 Å². The second kappa shape index (κ2) is 37.1. The van der Waals surface area contributed by atoms with Crippen LogP contribution in [0.4, 0.5) is 69.8 Å². The minimum Gasteiger partial charge on any atom is -0.744 e. The van der Waals surface area contributed by atoms with E-state index in [-0.39, 0.29) is 93.2 Å². The fraction of sp³-hybridized carbons (Fsp3) is 0.138. The number of nitrogens with two attached hydrogens (primary N) is 8. The number of hydrogen-bond acceptors (Lipinski definition) is 34. The minimum atomic E-state index is -5.72. The summed E-state index contributed by atoms with van der Waals surface area (Å²) in [6, 6.07) is 23.2. The zero-order chi connectivity index (χ0) is 81.2. The van der Waals surface area contributed by atoms with E-state index in [4.69, 9.17) is 45.9 Å². The first-order valence-electron chi connectivity index (χ1n) is 30.3. The van der Waals surface area contributed by atoms with Crippen molar-refractivity contribution in [2.24, 2.45) is 45.9 Å². The normalized spacial score (nSPS) is 11.9. The topological polar surface area (TPSA) is 758 Å². The van der Waals surface area contributed by atoms with Crippen molar-refractivity contribution in [3.05, 3.63) is 133 Å². The molecule has 0 saturated heterocycles. The number of rotatable bonds is 39. The summed E-state index contributed by atoms with van der Waals surface area (Å²) in [5.41, 5.74) is 39.8. The summed E-state index contributed by atoms with van der Waals surface area (Å²) in [6.45, 7) is -7.43. The summed E-state index contributed by atoms with van der Waals surface area (Å²) >= 11 is 0. The summed E-state index contributed by atoms with van der Waals surface area (Å²) in [4.78, 5) is 115. The Bertz CT molecular complexity index is 5050. The average Bonchev–Trinajstić information content (AvgIpc) is 0.771. The number of amides is 8. The summed E-state index contributed by atoms with van der Waals surface area (Å²) in [5.74, 6) is -11.6. The summed E-state index contributed by atoms with van der Waals surface area (Å²) < 4.78 is 189. The molecule has 0 unspecified atom stereocenters. The molecule has 0 saturated carbocycles. The third kappa shape index (κ3) is 24.2. The number of primary amides is 8. The molecule has 6 aromatic carbocycles. The molecule has 22 N–H and O–H groups in total. The Hall–Kier alpha value is -10.6. The first-order valence-corrected chi connectivity index (χ1v) is 38.9. The van der Waals surface area contributed by atoms with E-state index in [0.717, 1.165) is 72.8 Å². The molecule has 112 heavy (non-hydrogen) atoms. The van der Waals surface area contributed by atoms with E-state index in [1.807, 2.05) is 0 Å². The summed E-state index contributed by atoms with van der Waals surface area (Å²) in [7, 11) is -29.9. The van der Waals surface area contributed by atoms with Crippen molar-refractivity contribution in [2.45, 2.75) is 29.4 Å². The summed E-state index contributed by atoms with van der Waals surface area (Å²) in [6.07, 6.45) is 0. The van der Waals surface area contributed by atoms with Gasteiger partial charge < -0.3 is 86.9 Å². The fourth-order valence-electron chi connectivity index (χ4n) is 9.65. The molecule has 54 heteroatoms. The molecule has 46 nitrogen and oxygen atoms in total. The number of carbonyl (C=O) groups excluding carboxylic acids is 8. The smallest absolute Gasteiger partial charge is 0.744 e. The number of nitrogens with zero attached hydrogens (tertiary/aromatic N) is 10. The molecule has 0 bridgehead atoms. The third-order valence-electron chi connectivity index (χ3n) is 14.2. The van der Waals surface area contributed by atoms with Crippen molar-refractivity contribution in [1.82, 2.24) is 47.1 Å². The Labute approximate surface area is 679 Å². The van der Waals surface area contributed by atoms with E-state index in [1.165, 1.54) is 48.5 Å². The van der Waals surface area contributed by atoms with Crippen LogP contribution >= 0.6 is 0 Å². The number of anilines is 12. The van der Waals surface area contributed by atoms with Crippen LogP contribution in [0.3, 0.4) is 0 Å². The van der Waals surface area contributed by atoms with Crippen LogP contribution in [0.15, 0.2) is 163 Å². The number of aromatic nitrogens is 6. The molecule has 2 aromatic heterocycles. The predicted molar refractivity (Wildman–Crippen MR) is 382 cm³/mol. The van der Waals surface area contributed by atoms with Gasteiger partial charge in [0.15, 0.2) is 0 Å². The molecule has 2 heterocycles. The Balaban J connectivity index is 0.00000978. The molecule has 0 fully saturated rings. The van der Waals surface area contributed by atoms with Crippen molar-refractivity contribution in [3.8, 4) is 11.1 Å². The maximum absolute atomic E-state index is 13.5. The van der Waals surface area contributed by atoms with Crippen LogP contribution in [0.1, 0.15) is 0 Å². The maximum Gasteiger partial charge on any atom is 1.00 e. The molecule has 0 aliphatic heterocycles. The molecule has 0 aliphatic carbocycles. The van der Waals surface area contributed by atoms with Crippen molar-refractivity contribution >= 4 is 177 Å². The molecule has 8 aromatic rings. The van der Waals surface area contributed by atoms with E-state index >= 15 is 0 Å². The van der Waals surface area contributed by atoms with Crippen molar-refractivity contribution < 1.29 is 157 Å². The third-order valence-corrected chi connectivity index (χ3v) is 23.2. The molecule has 0 aliphatic rings. The van der Waals surface area contributed by atoms with Gasteiger partial charge in [-0.2, -0.15) is 47.1 Å². The van der Waals surface area contributed by atoms with Crippen LogP contribution in [-0.2, 0) is 98.7 Å². The predicted octanol–water partition coefficient (Wildman–Crippen LogP) is -10.2.